The summed E-state index contributed by atoms with van der Waals surface area (Å²) in [4.78, 5) is 42.0. The van der Waals surface area contributed by atoms with Crippen LogP contribution < -0.4 is 16.8 Å². The summed E-state index contributed by atoms with van der Waals surface area (Å²) in [7, 11) is 0. The second-order valence-corrected chi connectivity index (χ2v) is 8.45. The number of alkyl halides is 9. The minimum Gasteiger partial charge on any atom is -0.480 e. The monoisotopic (exact) mass is 647 g/mol. The first-order valence-corrected chi connectivity index (χ1v) is 11.8. The van der Waals surface area contributed by atoms with Gasteiger partial charge >= 0.3 is 42.5 Å². The van der Waals surface area contributed by atoms with Crippen molar-refractivity contribution in [2.75, 3.05) is 0 Å². The average Bonchev–Trinajstić information content (AvgIpc) is 2.86. The van der Waals surface area contributed by atoms with E-state index in [0.29, 0.717) is 5.56 Å². The Balaban J connectivity index is 0. The zero-order valence-corrected chi connectivity index (χ0v) is 22.0. The number of alkyl carbamates (subject to hydrolysis) is 1. The molecule has 3 atom stereocenters. The Morgan fingerprint density at radius 1 is 0.674 bits per heavy atom. The van der Waals surface area contributed by atoms with Crippen LogP contribution in [-0.2, 0) is 25.7 Å². The molecule has 43 heavy (non-hydrogen) atoms. The third-order valence-corrected chi connectivity index (χ3v) is 4.63. The summed E-state index contributed by atoms with van der Waals surface area (Å²) in [5.41, 5.74) is 10.3. The Morgan fingerprint density at radius 3 is 1.37 bits per heavy atom. The molecule has 20 heteroatoms. The minimum atomic E-state index is -4.48. The number of carboxylic acids is 3. The largest absolute Gasteiger partial charge is 0.480 e. The summed E-state index contributed by atoms with van der Waals surface area (Å²) < 4.78 is 109. The maximum absolute atomic E-state index is 12.0. The van der Waals surface area contributed by atoms with E-state index in [-0.39, 0.29) is 6.61 Å². The molecule has 0 radical (unpaired) electrons. The molecule has 0 aliphatic carbocycles. The fraction of sp³-hybridized carbons (Fsp3) is 0.565. The summed E-state index contributed by atoms with van der Waals surface area (Å²) in [5.74, 6) is -4.36. The summed E-state index contributed by atoms with van der Waals surface area (Å²) in [6.07, 6.45) is -19.7. The molecule has 8 N–H and O–H groups in total. The average molecular weight is 647 g/mol. The highest BCUT2D eigenvalue weighted by atomic mass is 19.4. The Morgan fingerprint density at radius 2 is 1.05 bits per heavy atom. The number of rotatable bonds is 12. The number of carbonyl (C=O) groups excluding carboxylic acids is 1. The molecule has 1 aromatic carbocycles. The standard InChI is InChI=1S/C13H14F3NO4.2C5H8F3NO2/c14-13(15,16)7-6-10(11(18)19)17-12(20)21-8-9-4-2-1-3-5-9;2*6-5(7,8)2-1-3(9)4(10)11/h1-5,10H,6-8H2,(H,17,20)(H,18,19);2*3H,1-2,9H2,(H,10,11)/t10-;2*3-/m110/s1. The zero-order chi connectivity index (χ0) is 34.0. The van der Waals surface area contributed by atoms with Crippen molar-refractivity contribution < 1.29 is 78.7 Å². The van der Waals surface area contributed by atoms with Crippen LogP contribution >= 0.6 is 0 Å². The van der Waals surface area contributed by atoms with Crippen LogP contribution in [0.3, 0.4) is 0 Å². The van der Waals surface area contributed by atoms with Crippen molar-refractivity contribution in [3.05, 3.63) is 35.9 Å². The summed E-state index contributed by atoms with van der Waals surface area (Å²) in [6.45, 7) is -0.0989. The van der Waals surface area contributed by atoms with E-state index in [1.54, 1.807) is 30.3 Å². The highest BCUT2D eigenvalue weighted by molar-refractivity contribution is 5.79. The van der Waals surface area contributed by atoms with Gasteiger partial charge in [0.15, 0.2) is 0 Å². The molecular weight excluding hydrogens is 617 g/mol. The number of nitrogens with one attached hydrogen (secondary N) is 1. The van der Waals surface area contributed by atoms with Gasteiger partial charge in [-0.1, -0.05) is 30.3 Å². The quantitative estimate of drug-likeness (QED) is 0.179. The van der Waals surface area contributed by atoms with E-state index in [9.17, 15) is 58.7 Å². The number of carboxylic acid groups (broad SMARTS) is 3. The van der Waals surface area contributed by atoms with Crippen LogP contribution in [0.25, 0.3) is 0 Å². The molecule has 0 saturated carbocycles. The molecule has 0 bridgehead atoms. The SMILES string of the molecule is N[C@@H](CCC(F)(F)F)C(=O)O.N[C@H](CCC(F)(F)F)C(=O)O.O=C(N[C@H](CCC(F)(F)F)C(=O)O)OCc1ccccc1. The maximum atomic E-state index is 12.0. The second-order valence-electron chi connectivity index (χ2n) is 8.45. The lowest BCUT2D eigenvalue weighted by molar-refractivity contribution is -0.147. The predicted octanol–water partition coefficient (Wildman–Crippen LogP) is 4.19. The first kappa shape index (κ1) is 41.3. The lowest BCUT2D eigenvalue weighted by atomic mass is 10.1. The third kappa shape index (κ3) is 26.8. The fourth-order valence-electron chi connectivity index (χ4n) is 2.36. The van der Waals surface area contributed by atoms with E-state index in [1.165, 1.54) is 0 Å². The number of aliphatic carboxylic acids is 3. The topological polar surface area (TPSA) is 202 Å². The van der Waals surface area contributed by atoms with Gasteiger partial charge in [0.1, 0.15) is 24.7 Å². The van der Waals surface area contributed by atoms with Crippen molar-refractivity contribution in [3.8, 4) is 0 Å². The van der Waals surface area contributed by atoms with E-state index in [2.05, 4.69) is 0 Å². The molecule has 0 aliphatic rings. The first-order valence-electron chi connectivity index (χ1n) is 11.8. The number of halogens is 9. The molecule has 1 amide bonds. The van der Waals surface area contributed by atoms with Crippen molar-refractivity contribution in [1.82, 2.24) is 5.32 Å². The molecule has 0 aliphatic heterocycles. The van der Waals surface area contributed by atoms with Gasteiger partial charge in [-0.2, -0.15) is 39.5 Å². The Kier molecular flexibility index (Phi) is 18.6. The molecule has 0 spiro atoms. The summed E-state index contributed by atoms with van der Waals surface area (Å²) >= 11 is 0. The van der Waals surface area contributed by atoms with Gasteiger partial charge in [0.05, 0.1) is 0 Å². The summed E-state index contributed by atoms with van der Waals surface area (Å²) in [5, 5.41) is 26.8. The van der Waals surface area contributed by atoms with Crippen molar-refractivity contribution in [2.45, 2.75) is 81.8 Å². The number of carbonyl (C=O) groups is 4. The number of hydrogen-bond acceptors (Lipinski definition) is 7. The highest BCUT2D eigenvalue weighted by Crippen LogP contribution is 2.23. The van der Waals surface area contributed by atoms with Gasteiger partial charge in [0, 0.05) is 19.3 Å². The van der Waals surface area contributed by atoms with Gasteiger partial charge in [-0.3, -0.25) is 9.59 Å². The van der Waals surface area contributed by atoms with E-state index in [0.717, 1.165) is 0 Å². The van der Waals surface area contributed by atoms with Crippen LogP contribution in [0.2, 0.25) is 0 Å². The molecule has 1 rings (SSSR count). The molecule has 1 aromatic rings. The lowest BCUT2D eigenvalue weighted by Crippen LogP contribution is -2.41. The molecule has 0 saturated heterocycles. The molecule has 0 unspecified atom stereocenters. The fourth-order valence-corrected chi connectivity index (χ4v) is 2.36. The predicted molar refractivity (Wildman–Crippen MR) is 128 cm³/mol. The third-order valence-electron chi connectivity index (χ3n) is 4.63. The van der Waals surface area contributed by atoms with Gasteiger partial charge in [-0.25, -0.2) is 9.59 Å². The molecule has 0 aromatic heterocycles. The van der Waals surface area contributed by atoms with Crippen molar-refractivity contribution >= 4 is 24.0 Å². The molecular formula is C23H30F9N3O8. The number of hydrogen-bond donors (Lipinski definition) is 6. The Bertz CT molecular complexity index is 957. The summed E-state index contributed by atoms with van der Waals surface area (Å²) in [6, 6.07) is 4.10. The van der Waals surface area contributed by atoms with E-state index < -0.39 is 99.2 Å². The second kappa shape index (κ2) is 19.4. The van der Waals surface area contributed by atoms with Crippen LogP contribution in [0.5, 0.6) is 0 Å². The highest BCUT2D eigenvalue weighted by Gasteiger charge is 2.32. The normalized spacial score (nSPS) is 13.6. The number of ether oxygens (including phenoxy) is 1. The van der Waals surface area contributed by atoms with Crippen LogP contribution in [0, 0.1) is 0 Å². The van der Waals surface area contributed by atoms with Crippen molar-refractivity contribution in [2.24, 2.45) is 11.5 Å². The Hall–Kier alpha value is -3.81. The van der Waals surface area contributed by atoms with Gasteiger partial charge in [0.25, 0.3) is 0 Å². The van der Waals surface area contributed by atoms with Crippen LogP contribution in [0.4, 0.5) is 44.3 Å². The van der Waals surface area contributed by atoms with E-state index in [4.69, 9.17) is 31.5 Å². The van der Waals surface area contributed by atoms with E-state index >= 15 is 0 Å². The molecule has 248 valence electrons. The smallest absolute Gasteiger partial charge is 0.408 e. The lowest BCUT2D eigenvalue weighted by Gasteiger charge is -2.15. The molecule has 11 nitrogen and oxygen atoms in total. The number of nitrogens with two attached hydrogens (primary N) is 2. The van der Waals surface area contributed by atoms with Crippen LogP contribution in [0.15, 0.2) is 30.3 Å². The number of amides is 1. The Labute approximate surface area is 238 Å². The van der Waals surface area contributed by atoms with Gasteiger partial charge in [-0.05, 0) is 24.8 Å². The van der Waals surface area contributed by atoms with Gasteiger partial charge in [-0.15, -0.1) is 0 Å². The van der Waals surface area contributed by atoms with Gasteiger partial charge in [0.2, 0.25) is 0 Å². The van der Waals surface area contributed by atoms with Crippen molar-refractivity contribution in [3.63, 3.8) is 0 Å². The van der Waals surface area contributed by atoms with Crippen molar-refractivity contribution in [1.29, 1.82) is 0 Å². The van der Waals surface area contributed by atoms with E-state index in [1.807, 2.05) is 5.32 Å². The number of benzene rings is 1. The molecule has 0 heterocycles. The van der Waals surface area contributed by atoms with Gasteiger partial charge < -0.3 is 36.8 Å². The van der Waals surface area contributed by atoms with Crippen LogP contribution in [0.1, 0.15) is 44.1 Å². The zero-order valence-electron chi connectivity index (χ0n) is 22.0. The maximum Gasteiger partial charge on any atom is 0.408 e. The first-order chi connectivity index (χ1) is 19.4. The minimum absolute atomic E-state index is 0.0989. The van der Waals surface area contributed by atoms with Crippen LogP contribution in [-0.4, -0.2) is 76.0 Å². The molecule has 0 fully saturated rings.